The summed E-state index contributed by atoms with van der Waals surface area (Å²) in [6.07, 6.45) is 0.127. The van der Waals surface area contributed by atoms with E-state index in [4.69, 9.17) is 8.05 Å². The first-order valence-corrected chi connectivity index (χ1v) is 2.84. The van der Waals surface area contributed by atoms with Crippen LogP contribution in [0, 0.1) is 5.41 Å². The third kappa shape index (κ3) is 2.36. The van der Waals surface area contributed by atoms with E-state index in [-0.39, 0.29) is 11.5 Å². The van der Waals surface area contributed by atoms with E-state index >= 15 is 0 Å². The zero-order chi connectivity index (χ0) is 6.78. The van der Waals surface area contributed by atoms with Crippen molar-refractivity contribution in [3.63, 3.8) is 0 Å². The quantitative estimate of drug-likeness (QED) is 0.467. The van der Waals surface area contributed by atoms with Crippen molar-refractivity contribution in [2.24, 2.45) is 5.41 Å². The van der Waals surface area contributed by atoms with Crippen LogP contribution in [0.1, 0.15) is 27.7 Å². The molecule has 0 heterocycles. The number of rotatable bonds is 1. The number of hydrogen-bond donors (Lipinski definition) is 0. The molecule has 0 aromatic carbocycles. The molecule has 0 saturated heterocycles. The van der Waals surface area contributed by atoms with Crippen molar-refractivity contribution in [2.45, 2.75) is 33.8 Å². The minimum Gasteiger partial charge on any atom is -0.445 e. The maximum absolute atomic E-state index is 4.96. The van der Waals surface area contributed by atoms with Crippen molar-refractivity contribution in [1.29, 1.82) is 0 Å². The van der Waals surface area contributed by atoms with Gasteiger partial charge in [-0.1, -0.05) is 20.8 Å². The van der Waals surface area contributed by atoms with Crippen LogP contribution in [0.25, 0.3) is 0 Å². The Morgan fingerprint density at radius 3 is 1.75 bits per heavy atom. The van der Waals surface area contributed by atoms with Crippen LogP contribution < -0.4 is 0 Å². The molecule has 0 aromatic rings. The summed E-state index contributed by atoms with van der Waals surface area (Å²) in [7, 11) is 4.96. The molecule has 46 valence electrons. The highest BCUT2D eigenvalue weighted by atomic mass is 16.4. The van der Waals surface area contributed by atoms with Crippen LogP contribution in [0.3, 0.4) is 0 Å². The van der Waals surface area contributed by atoms with Crippen molar-refractivity contribution >= 4 is 8.05 Å². The molecule has 0 amide bonds. The first-order valence-electron chi connectivity index (χ1n) is 2.84. The molecule has 0 aliphatic rings. The van der Waals surface area contributed by atoms with Gasteiger partial charge in [0.15, 0.2) is 0 Å². The lowest BCUT2D eigenvalue weighted by molar-refractivity contribution is 0.114. The van der Waals surface area contributed by atoms with Crippen molar-refractivity contribution in [3.05, 3.63) is 0 Å². The van der Waals surface area contributed by atoms with E-state index in [0.717, 1.165) is 0 Å². The SMILES string of the molecule is [B]O[C@@H](C)C(C)(C)C. The largest absolute Gasteiger partial charge is 0.445 e. The van der Waals surface area contributed by atoms with E-state index in [2.05, 4.69) is 25.4 Å². The second-order valence-electron chi connectivity index (χ2n) is 3.14. The molecular formula is C6H13BO. The highest BCUT2D eigenvalue weighted by molar-refractivity contribution is 5.98. The lowest BCUT2D eigenvalue weighted by Crippen LogP contribution is -2.24. The first kappa shape index (κ1) is 8.02. The van der Waals surface area contributed by atoms with Gasteiger partial charge in [-0.05, 0) is 12.3 Å². The van der Waals surface area contributed by atoms with E-state index in [1.165, 1.54) is 0 Å². The van der Waals surface area contributed by atoms with Gasteiger partial charge in [-0.3, -0.25) is 0 Å². The second kappa shape index (κ2) is 2.54. The Morgan fingerprint density at radius 1 is 1.38 bits per heavy atom. The zero-order valence-corrected chi connectivity index (χ0v) is 6.06. The average molecular weight is 112 g/mol. The summed E-state index contributed by atoms with van der Waals surface area (Å²) in [5.41, 5.74) is 0.161. The van der Waals surface area contributed by atoms with Gasteiger partial charge >= 0.3 is 0 Å². The van der Waals surface area contributed by atoms with Gasteiger partial charge in [-0.2, -0.15) is 0 Å². The lowest BCUT2D eigenvalue weighted by atomic mass is 9.90. The van der Waals surface area contributed by atoms with Gasteiger partial charge in [0.05, 0.1) is 0 Å². The molecule has 0 aromatic heterocycles. The summed E-state index contributed by atoms with van der Waals surface area (Å²) >= 11 is 0. The lowest BCUT2D eigenvalue weighted by Gasteiger charge is -2.25. The van der Waals surface area contributed by atoms with Gasteiger partial charge in [-0.15, -0.1) is 0 Å². The van der Waals surface area contributed by atoms with Gasteiger partial charge < -0.3 is 4.65 Å². The standard InChI is InChI=1S/C6H13BO/c1-5(8-7)6(2,3)4/h5H,1-4H3/t5-/m0/s1. The van der Waals surface area contributed by atoms with Crippen LogP contribution in [-0.2, 0) is 4.65 Å². The molecule has 0 fully saturated rings. The van der Waals surface area contributed by atoms with Crippen LogP contribution in [0.15, 0.2) is 0 Å². The topological polar surface area (TPSA) is 9.23 Å². The minimum absolute atomic E-state index is 0.127. The van der Waals surface area contributed by atoms with Gasteiger partial charge in [-0.25, -0.2) is 0 Å². The predicted molar refractivity (Wildman–Crippen MR) is 35.8 cm³/mol. The molecule has 0 bridgehead atoms. The molecule has 0 saturated carbocycles. The Balaban J connectivity index is 3.62. The van der Waals surface area contributed by atoms with E-state index in [0.29, 0.717) is 0 Å². The van der Waals surface area contributed by atoms with Crippen molar-refractivity contribution in [3.8, 4) is 0 Å². The molecular weight excluding hydrogens is 98.9 g/mol. The fourth-order valence-corrected chi connectivity index (χ4v) is 0.204. The van der Waals surface area contributed by atoms with Crippen molar-refractivity contribution in [2.75, 3.05) is 0 Å². The molecule has 0 unspecified atom stereocenters. The predicted octanol–water partition coefficient (Wildman–Crippen LogP) is 1.52. The Kier molecular flexibility index (Phi) is 2.55. The molecule has 2 heteroatoms. The fraction of sp³-hybridized carbons (Fsp3) is 1.00. The second-order valence-corrected chi connectivity index (χ2v) is 3.14. The summed E-state index contributed by atoms with van der Waals surface area (Å²) in [6, 6.07) is 0. The minimum atomic E-state index is 0.127. The average Bonchev–Trinajstić information content (AvgIpc) is 1.62. The Hall–Kier alpha value is 0.0249. The molecule has 0 rings (SSSR count). The van der Waals surface area contributed by atoms with Gasteiger partial charge in [0.25, 0.3) is 8.05 Å². The third-order valence-electron chi connectivity index (χ3n) is 1.42. The molecule has 0 N–H and O–H groups in total. The summed E-state index contributed by atoms with van der Waals surface area (Å²) in [5, 5.41) is 0. The van der Waals surface area contributed by atoms with Gasteiger partial charge in [0, 0.05) is 6.10 Å². The monoisotopic (exact) mass is 112 g/mol. The summed E-state index contributed by atoms with van der Waals surface area (Å²) in [5.74, 6) is 0. The maximum atomic E-state index is 4.96. The van der Waals surface area contributed by atoms with Gasteiger partial charge in [0.2, 0.25) is 0 Å². The molecule has 1 atom stereocenters. The summed E-state index contributed by atoms with van der Waals surface area (Å²) in [4.78, 5) is 0. The molecule has 0 aliphatic heterocycles. The first-order chi connectivity index (χ1) is 3.48. The fourth-order valence-electron chi connectivity index (χ4n) is 0.204. The van der Waals surface area contributed by atoms with Crippen LogP contribution in [0.5, 0.6) is 0 Å². The van der Waals surface area contributed by atoms with Crippen molar-refractivity contribution in [1.82, 2.24) is 0 Å². The Labute approximate surface area is 52.9 Å². The van der Waals surface area contributed by atoms with E-state index in [9.17, 15) is 0 Å². The van der Waals surface area contributed by atoms with E-state index in [1.807, 2.05) is 6.92 Å². The molecule has 0 aliphatic carbocycles. The van der Waals surface area contributed by atoms with Crippen LogP contribution >= 0.6 is 0 Å². The highest BCUT2D eigenvalue weighted by Crippen LogP contribution is 2.20. The molecule has 2 radical (unpaired) electrons. The normalized spacial score (nSPS) is 16.0. The van der Waals surface area contributed by atoms with Crippen molar-refractivity contribution < 1.29 is 4.65 Å². The van der Waals surface area contributed by atoms with E-state index < -0.39 is 0 Å². The maximum Gasteiger partial charge on any atom is 0.283 e. The molecule has 0 spiro atoms. The summed E-state index contributed by atoms with van der Waals surface area (Å²) < 4.78 is 4.61. The van der Waals surface area contributed by atoms with Crippen LogP contribution in [0.4, 0.5) is 0 Å². The smallest absolute Gasteiger partial charge is 0.283 e. The summed E-state index contributed by atoms with van der Waals surface area (Å²) in [6.45, 7) is 8.22. The Bertz CT molecular complexity index is 65.4. The third-order valence-corrected chi connectivity index (χ3v) is 1.42. The van der Waals surface area contributed by atoms with Gasteiger partial charge in [0.1, 0.15) is 0 Å². The van der Waals surface area contributed by atoms with Crippen LogP contribution in [-0.4, -0.2) is 14.2 Å². The highest BCUT2D eigenvalue weighted by Gasteiger charge is 2.17. The number of hydrogen-bond acceptors (Lipinski definition) is 1. The molecule has 1 nitrogen and oxygen atoms in total. The van der Waals surface area contributed by atoms with Crippen LogP contribution in [0.2, 0.25) is 0 Å². The molecule has 8 heavy (non-hydrogen) atoms. The Morgan fingerprint density at radius 2 is 1.75 bits per heavy atom. The zero-order valence-electron chi connectivity index (χ0n) is 6.06. The van der Waals surface area contributed by atoms with E-state index in [1.54, 1.807) is 0 Å².